The van der Waals surface area contributed by atoms with E-state index < -0.39 is 0 Å². The Morgan fingerprint density at radius 2 is 1.04 bits per heavy atom. The predicted molar refractivity (Wildman–Crippen MR) is 220 cm³/mol. The molecular weight excluding hydrogens is 659 g/mol. The molecule has 0 atom stereocenters. The minimum atomic E-state index is 0.733. The van der Waals surface area contributed by atoms with Gasteiger partial charge < -0.3 is 0 Å². The minimum absolute atomic E-state index is 0.733. The zero-order valence-electron chi connectivity index (χ0n) is 27.1. The molecule has 0 aliphatic heterocycles. The second kappa shape index (κ2) is 10.2. The fourth-order valence-electron chi connectivity index (χ4n) is 8.36. The SMILES string of the molecule is c1ccc2cc(-c3nc(-n4c5c6ccccc6ccc5c5c6c7ccccc7sc6c6ccccc6c54)c4c(n3)sc3ccccc34)ccc2c1. The molecule has 8 aromatic carbocycles. The van der Waals surface area contributed by atoms with Crippen LogP contribution in [-0.2, 0) is 0 Å². The number of hydrogen-bond acceptors (Lipinski definition) is 4. The number of nitrogens with zero attached hydrogens (tertiary/aromatic N) is 3. The fraction of sp³-hybridized carbons (Fsp3) is 0. The maximum Gasteiger partial charge on any atom is 0.163 e. The van der Waals surface area contributed by atoms with E-state index in [9.17, 15) is 0 Å². The average molecular weight is 684 g/mol. The molecule has 0 bridgehead atoms. The van der Waals surface area contributed by atoms with Crippen molar-refractivity contribution >= 4 is 117 Å². The summed E-state index contributed by atoms with van der Waals surface area (Å²) in [7, 11) is 0. The highest BCUT2D eigenvalue weighted by Gasteiger charge is 2.26. The predicted octanol–water partition coefficient (Wildman–Crippen LogP) is 13.4. The van der Waals surface area contributed by atoms with Crippen LogP contribution in [-0.4, -0.2) is 14.5 Å². The molecule has 0 unspecified atom stereocenters. The molecule has 51 heavy (non-hydrogen) atoms. The van der Waals surface area contributed by atoms with Gasteiger partial charge in [0, 0.05) is 62.8 Å². The third-order valence-electron chi connectivity index (χ3n) is 10.6. The molecule has 0 radical (unpaired) electrons. The summed E-state index contributed by atoms with van der Waals surface area (Å²) in [5, 5.41) is 14.7. The fourth-order valence-corrected chi connectivity index (χ4v) is 10.7. The summed E-state index contributed by atoms with van der Waals surface area (Å²) in [6.07, 6.45) is 0. The Labute approximate surface area is 299 Å². The van der Waals surface area contributed by atoms with E-state index >= 15 is 0 Å². The molecule has 12 aromatic rings. The molecule has 0 saturated carbocycles. The monoisotopic (exact) mass is 683 g/mol. The van der Waals surface area contributed by atoms with Crippen LogP contribution < -0.4 is 0 Å². The van der Waals surface area contributed by atoms with E-state index in [4.69, 9.17) is 9.97 Å². The highest BCUT2D eigenvalue weighted by Crippen LogP contribution is 2.50. The molecule has 0 saturated heterocycles. The van der Waals surface area contributed by atoms with Crippen LogP contribution in [0.3, 0.4) is 0 Å². The maximum absolute atomic E-state index is 5.65. The third kappa shape index (κ3) is 3.77. The standard InChI is InChI=1S/C46H25N3S2/c1-2-13-28-25-29(22-21-26(28)11-1)44-47-45(40-34-18-8-10-20-37(34)51-46(40)48-44)49-41-30-14-4-3-12-27(30)23-24-35(41)38-39-33-17-7-9-19-36(33)50-43(39)32-16-6-5-15-31(32)42(38)49/h1-25H. The molecule has 236 valence electrons. The Bertz CT molecular complexity index is 3440. The number of benzene rings is 8. The first-order chi connectivity index (χ1) is 25.3. The Morgan fingerprint density at radius 1 is 0.412 bits per heavy atom. The minimum Gasteiger partial charge on any atom is -0.292 e. The summed E-state index contributed by atoms with van der Waals surface area (Å²) < 4.78 is 6.34. The van der Waals surface area contributed by atoms with E-state index in [0.29, 0.717) is 0 Å². The van der Waals surface area contributed by atoms with Crippen LogP contribution in [0, 0.1) is 0 Å². The Morgan fingerprint density at radius 3 is 1.86 bits per heavy atom. The molecule has 0 spiro atoms. The normalized spacial score (nSPS) is 12.3. The summed E-state index contributed by atoms with van der Waals surface area (Å²) in [5.41, 5.74) is 3.37. The number of thiophene rings is 2. The molecular formula is C46H25N3S2. The topological polar surface area (TPSA) is 30.7 Å². The van der Waals surface area contributed by atoms with Crippen molar-refractivity contribution in [3.8, 4) is 17.2 Å². The van der Waals surface area contributed by atoms with E-state index in [1.807, 2.05) is 11.3 Å². The van der Waals surface area contributed by atoms with Crippen molar-refractivity contribution < 1.29 is 0 Å². The van der Waals surface area contributed by atoms with Crippen LogP contribution in [0.5, 0.6) is 0 Å². The zero-order chi connectivity index (χ0) is 33.2. The van der Waals surface area contributed by atoms with E-state index in [-0.39, 0.29) is 0 Å². The van der Waals surface area contributed by atoms with Gasteiger partial charge in [0.15, 0.2) is 11.6 Å². The van der Waals surface area contributed by atoms with Crippen LogP contribution in [0.15, 0.2) is 152 Å². The van der Waals surface area contributed by atoms with E-state index in [2.05, 4.69) is 156 Å². The summed E-state index contributed by atoms with van der Waals surface area (Å²) >= 11 is 3.64. The second-order valence-corrected chi connectivity index (χ2v) is 15.4. The first-order valence-corrected chi connectivity index (χ1v) is 18.8. The molecule has 0 aliphatic carbocycles. The first kappa shape index (κ1) is 27.7. The average Bonchev–Trinajstić information content (AvgIpc) is 3.87. The van der Waals surface area contributed by atoms with Crippen LogP contribution >= 0.6 is 22.7 Å². The van der Waals surface area contributed by atoms with Crippen LogP contribution in [0.25, 0.3) is 112 Å². The van der Waals surface area contributed by atoms with Crippen molar-refractivity contribution in [2.24, 2.45) is 0 Å². The maximum atomic E-state index is 5.65. The van der Waals surface area contributed by atoms with Crippen LogP contribution in [0.1, 0.15) is 0 Å². The summed E-state index contributed by atoms with van der Waals surface area (Å²) in [4.78, 5) is 12.0. The lowest BCUT2D eigenvalue weighted by molar-refractivity contribution is 1.09. The van der Waals surface area contributed by atoms with Crippen molar-refractivity contribution in [1.29, 1.82) is 0 Å². The molecule has 12 rings (SSSR count). The Kier molecular flexibility index (Phi) is 5.53. The zero-order valence-corrected chi connectivity index (χ0v) is 28.7. The van der Waals surface area contributed by atoms with Crippen LogP contribution in [0.4, 0.5) is 0 Å². The third-order valence-corrected chi connectivity index (χ3v) is 12.8. The molecule has 5 heteroatoms. The lowest BCUT2D eigenvalue weighted by atomic mass is 9.99. The highest BCUT2D eigenvalue weighted by molar-refractivity contribution is 7.27. The number of aromatic nitrogens is 3. The smallest absolute Gasteiger partial charge is 0.163 e. The van der Waals surface area contributed by atoms with E-state index in [1.54, 1.807) is 11.3 Å². The van der Waals surface area contributed by atoms with Crippen molar-refractivity contribution in [2.75, 3.05) is 0 Å². The second-order valence-electron chi connectivity index (χ2n) is 13.3. The van der Waals surface area contributed by atoms with E-state index in [1.165, 1.54) is 84.4 Å². The lowest BCUT2D eigenvalue weighted by Gasteiger charge is -2.14. The molecule has 0 N–H and O–H groups in total. The molecule has 4 heterocycles. The first-order valence-electron chi connectivity index (χ1n) is 17.2. The van der Waals surface area contributed by atoms with Gasteiger partial charge >= 0.3 is 0 Å². The van der Waals surface area contributed by atoms with Gasteiger partial charge in [0.1, 0.15) is 4.83 Å². The van der Waals surface area contributed by atoms with Gasteiger partial charge in [-0.1, -0.05) is 133 Å². The molecule has 0 fully saturated rings. The van der Waals surface area contributed by atoms with E-state index in [0.717, 1.165) is 27.4 Å². The number of hydrogen-bond donors (Lipinski definition) is 0. The van der Waals surface area contributed by atoms with Crippen LogP contribution in [0.2, 0.25) is 0 Å². The highest BCUT2D eigenvalue weighted by atomic mass is 32.1. The van der Waals surface area contributed by atoms with Gasteiger partial charge in [-0.3, -0.25) is 4.57 Å². The van der Waals surface area contributed by atoms with Gasteiger partial charge in [0.05, 0.1) is 16.4 Å². The largest absolute Gasteiger partial charge is 0.292 e. The van der Waals surface area contributed by atoms with Gasteiger partial charge in [0.2, 0.25) is 0 Å². The number of fused-ring (bicyclic) bond motifs is 16. The van der Waals surface area contributed by atoms with Gasteiger partial charge in [0.25, 0.3) is 0 Å². The van der Waals surface area contributed by atoms with Crippen molar-refractivity contribution in [3.63, 3.8) is 0 Å². The Hall–Kier alpha value is -6.14. The molecule has 0 amide bonds. The molecule has 4 aromatic heterocycles. The summed E-state index contributed by atoms with van der Waals surface area (Å²) in [6, 6.07) is 55.0. The van der Waals surface area contributed by atoms with Gasteiger partial charge in [-0.15, -0.1) is 22.7 Å². The van der Waals surface area contributed by atoms with Gasteiger partial charge in [-0.2, -0.15) is 0 Å². The quantitative estimate of drug-likeness (QED) is 0.182. The molecule has 3 nitrogen and oxygen atoms in total. The summed E-state index contributed by atoms with van der Waals surface area (Å²) in [5.74, 6) is 1.65. The Balaban J connectivity index is 1.36. The van der Waals surface area contributed by atoms with Gasteiger partial charge in [-0.05, 0) is 34.4 Å². The van der Waals surface area contributed by atoms with Crippen molar-refractivity contribution in [2.45, 2.75) is 0 Å². The van der Waals surface area contributed by atoms with Gasteiger partial charge in [-0.25, -0.2) is 9.97 Å². The lowest BCUT2D eigenvalue weighted by Crippen LogP contribution is -2.02. The molecule has 0 aliphatic rings. The summed E-state index contributed by atoms with van der Waals surface area (Å²) in [6.45, 7) is 0. The number of rotatable bonds is 2. The van der Waals surface area contributed by atoms with Crippen molar-refractivity contribution in [1.82, 2.24) is 14.5 Å². The van der Waals surface area contributed by atoms with Crippen molar-refractivity contribution in [3.05, 3.63) is 152 Å².